The Morgan fingerprint density at radius 3 is 2.56 bits per heavy atom. The predicted molar refractivity (Wildman–Crippen MR) is 64.0 cm³/mol. The van der Waals surface area contributed by atoms with Crippen LogP contribution in [0.5, 0.6) is 0 Å². The second kappa shape index (κ2) is 5.12. The van der Waals surface area contributed by atoms with Crippen LogP contribution in [-0.4, -0.2) is 28.4 Å². The van der Waals surface area contributed by atoms with Gasteiger partial charge >= 0.3 is 11.7 Å². The quantitative estimate of drug-likeness (QED) is 0.569. The molecule has 98 valence electrons. The van der Waals surface area contributed by atoms with Crippen molar-refractivity contribution in [2.45, 2.75) is 27.3 Å². The molecule has 0 atom stereocenters. The SMILES string of the molecule is COC(=O)C(C)(C)C(=O)Cn1ccc(C)nc1=O. The fraction of sp³-hybridized carbons (Fsp3) is 0.500. The van der Waals surface area contributed by atoms with E-state index in [1.807, 2.05) is 0 Å². The number of ketones is 1. The number of hydrogen-bond donors (Lipinski definition) is 0. The summed E-state index contributed by atoms with van der Waals surface area (Å²) in [6.45, 7) is 4.42. The van der Waals surface area contributed by atoms with Crippen LogP contribution in [-0.2, 0) is 20.9 Å². The van der Waals surface area contributed by atoms with Crippen molar-refractivity contribution in [1.82, 2.24) is 9.55 Å². The van der Waals surface area contributed by atoms with E-state index in [1.54, 1.807) is 13.0 Å². The molecule has 0 N–H and O–H groups in total. The van der Waals surface area contributed by atoms with Crippen molar-refractivity contribution in [3.05, 3.63) is 28.4 Å². The van der Waals surface area contributed by atoms with Gasteiger partial charge in [0.1, 0.15) is 5.41 Å². The van der Waals surface area contributed by atoms with Crippen molar-refractivity contribution in [3.63, 3.8) is 0 Å². The molecule has 0 bridgehead atoms. The van der Waals surface area contributed by atoms with Gasteiger partial charge in [0.05, 0.1) is 13.7 Å². The first-order valence-corrected chi connectivity index (χ1v) is 5.45. The molecular weight excluding hydrogens is 236 g/mol. The van der Waals surface area contributed by atoms with E-state index in [9.17, 15) is 14.4 Å². The second-order valence-electron chi connectivity index (χ2n) is 4.52. The number of esters is 1. The van der Waals surface area contributed by atoms with Crippen molar-refractivity contribution in [3.8, 4) is 0 Å². The number of aromatic nitrogens is 2. The van der Waals surface area contributed by atoms with Gasteiger partial charge in [0.25, 0.3) is 0 Å². The number of carbonyl (C=O) groups is 2. The van der Waals surface area contributed by atoms with Gasteiger partial charge in [0.2, 0.25) is 0 Å². The molecule has 1 aromatic rings. The second-order valence-corrected chi connectivity index (χ2v) is 4.52. The number of Topliss-reactive ketones (excluding diaryl/α,β-unsaturated/α-hetero) is 1. The monoisotopic (exact) mass is 252 g/mol. The highest BCUT2D eigenvalue weighted by Gasteiger charge is 2.36. The lowest BCUT2D eigenvalue weighted by atomic mass is 9.88. The lowest BCUT2D eigenvalue weighted by molar-refractivity contribution is -0.155. The molecule has 18 heavy (non-hydrogen) atoms. The maximum Gasteiger partial charge on any atom is 0.348 e. The maximum absolute atomic E-state index is 12.0. The first-order chi connectivity index (χ1) is 8.28. The highest BCUT2D eigenvalue weighted by molar-refractivity contribution is 6.02. The van der Waals surface area contributed by atoms with E-state index in [0.29, 0.717) is 5.69 Å². The standard InChI is InChI=1S/C12H16N2O4/c1-8-5-6-14(11(17)13-8)7-9(15)12(2,3)10(16)18-4/h5-6H,7H2,1-4H3. The van der Waals surface area contributed by atoms with Gasteiger partial charge in [-0.2, -0.15) is 4.98 Å². The Labute approximate surface area is 105 Å². The molecule has 0 amide bonds. The topological polar surface area (TPSA) is 78.3 Å². The van der Waals surface area contributed by atoms with Crippen LogP contribution >= 0.6 is 0 Å². The minimum atomic E-state index is -1.28. The fourth-order valence-electron chi connectivity index (χ4n) is 1.36. The lowest BCUT2D eigenvalue weighted by Gasteiger charge is -2.20. The molecule has 0 aliphatic rings. The van der Waals surface area contributed by atoms with Crippen molar-refractivity contribution in [2.24, 2.45) is 5.41 Å². The summed E-state index contributed by atoms with van der Waals surface area (Å²) in [4.78, 5) is 38.7. The van der Waals surface area contributed by atoms with Crippen LogP contribution < -0.4 is 5.69 Å². The summed E-state index contributed by atoms with van der Waals surface area (Å²) in [5.74, 6) is -1.03. The van der Waals surface area contributed by atoms with Crippen LogP contribution in [0.1, 0.15) is 19.5 Å². The summed E-state index contributed by atoms with van der Waals surface area (Å²) in [7, 11) is 1.22. The van der Waals surface area contributed by atoms with Gasteiger partial charge in [-0.1, -0.05) is 0 Å². The number of nitrogens with zero attached hydrogens (tertiary/aromatic N) is 2. The van der Waals surface area contributed by atoms with Gasteiger partial charge in [-0.15, -0.1) is 0 Å². The fourth-order valence-corrected chi connectivity index (χ4v) is 1.36. The summed E-state index contributed by atoms with van der Waals surface area (Å²) in [6, 6.07) is 1.62. The summed E-state index contributed by atoms with van der Waals surface area (Å²) >= 11 is 0. The molecule has 0 aromatic carbocycles. The molecule has 0 fully saturated rings. The third-order valence-corrected chi connectivity index (χ3v) is 2.72. The zero-order valence-corrected chi connectivity index (χ0v) is 10.9. The van der Waals surface area contributed by atoms with E-state index >= 15 is 0 Å². The molecule has 0 spiro atoms. The Balaban J connectivity index is 2.95. The normalized spacial score (nSPS) is 11.1. The van der Waals surface area contributed by atoms with Crippen LogP contribution in [0.15, 0.2) is 17.1 Å². The Bertz CT molecular complexity index is 531. The minimum absolute atomic E-state index is 0.200. The van der Waals surface area contributed by atoms with E-state index in [1.165, 1.54) is 31.7 Å². The summed E-state index contributed by atoms with van der Waals surface area (Å²) in [5, 5.41) is 0. The van der Waals surface area contributed by atoms with Gasteiger partial charge in [-0.05, 0) is 26.8 Å². The first kappa shape index (κ1) is 14.1. The number of aryl methyl sites for hydroxylation is 1. The molecule has 0 unspecified atom stereocenters. The van der Waals surface area contributed by atoms with Crippen molar-refractivity contribution in [2.75, 3.05) is 7.11 Å². The third-order valence-electron chi connectivity index (χ3n) is 2.72. The smallest absolute Gasteiger partial charge is 0.348 e. The Hall–Kier alpha value is -1.98. The van der Waals surface area contributed by atoms with Crippen LogP contribution in [0, 0.1) is 12.3 Å². The van der Waals surface area contributed by atoms with Gasteiger partial charge in [-0.25, -0.2) is 4.79 Å². The van der Waals surface area contributed by atoms with Crippen LogP contribution in [0.25, 0.3) is 0 Å². The molecule has 0 radical (unpaired) electrons. The number of rotatable bonds is 4. The van der Waals surface area contributed by atoms with Gasteiger partial charge in [0.15, 0.2) is 5.78 Å². The summed E-state index contributed by atoms with van der Waals surface area (Å²) in [6.07, 6.45) is 1.48. The molecule has 1 rings (SSSR count). The largest absolute Gasteiger partial charge is 0.468 e. The lowest BCUT2D eigenvalue weighted by Crippen LogP contribution is -2.39. The molecule has 0 saturated heterocycles. The zero-order chi connectivity index (χ0) is 13.9. The van der Waals surface area contributed by atoms with Gasteiger partial charge in [0, 0.05) is 11.9 Å². The third kappa shape index (κ3) is 2.82. The van der Waals surface area contributed by atoms with E-state index in [-0.39, 0.29) is 6.54 Å². The molecular formula is C12H16N2O4. The Kier molecular flexibility index (Phi) is 4.00. The minimum Gasteiger partial charge on any atom is -0.468 e. The van der Waals surface area contributed by atoms with Crippen molar-refractivity contribution in [1.29, 1.82) is 0 Å². The van der Waals surface area contributed by atoms with Crippen LogP contribution in [0.2, 0.25) is 0 Å². The highest BCUT2D eigenvalue weighted by atomic mass is 16.5. The zero-order valence-electron chi connectivity index (χ0n) is 10.9. The molecule has 1 aromatic heterocycles. The predicted octanol–water partition coefficient (Wildman–Crippen LogP) is 0.320. The molecule has 0 saturated carbocycles. The van der Waals surface area contributed by atoms with E-state index < -0.39 is 22.9 Å². The average molecular weight is 252 g/mol. The van der Waals surface area contributed by atoms with E-state index in [2.05, 4.69) is 9.72 Å². The van der Waals surface area contributed by atoms with Crippen molar-refractivity contribution < 1.29 is 14.3 Å². The molecule has 6 nitrogen and oxygen atoms in total. The Morgan fingerprint density at radius 2 is 2.06 bits per heavy atom. The summed E-state index contributed by atoms with van der Waals surface area (Å²) in [5.41, 5.74) is -1.21. The van der Waals surface area contributed by atoms with Crippen LogP contribution in [0.3, 0.4) is 0 Å². The summed E-state index contributed by atoms with van der Waals surface area (Å²) < 4.78 is 5.73. The first-order valence-electron chi connectivity index (χ1n) is 5.45. The van der Waals surface area contributed by atoms with Crippen LogP contribution in [0.4, 0.5) is 0 Å². The molecule has 0 aliphatic carbocycles. The number of methoxy groups -OCH3 is 1. The molecule has 6 heteroatoms. The number of ether oxygens (including phenoxy) is 1. The van der Waals surface area contributed by atoms with Crippen molar-refractivity contribution >= 4 is 11.8 Å². The molecule has 1 heterocycles. The maximum atomic E-state index is 12.0. The highest BCUT2D eigenvalue weighted by Crippen LogP contribution is 2.19. The Morgan fingerprint density at radius 1 is 1.44 bits per heavy atom. The average Bonchev–Trinajstić information content (AvgIpc) is 2.31. The number of hydrogen-bond acceptors (Lipinski definition) is 5. The number of carbonyl (C=O) groups excluding carboxylic acids is 2. The van der Waals surface area contributed by atoms with E-state index in [4.69, 9.17) is 0 Å². The molecule has 0 aliphatic heterocycles. The van der Waals surface area contributed by atoms with Gasteiger partial charge in [-0.3, -0.25) is 14.2 Å². The van der Waals surface area contributed by atoms with Gasteiger partial charge < -0.3 is 4.74 Å². The van der Waals surface area contributed by atoms with E-state index in [0.717, 1.165) is 0 Å².